The molecule has 0 saturated heterocycles. The van der Waals surface area contributed by atoms with Gasteiger partial charge in [0.25, 0.3) is 0 Å². The molecular weight excluding hydrogens is 231 g/mol. The van der Waals surface area contributed by atoms with Gasteiger partial charge in [-0.3, -0.25) is 4.57 Å². The number of hydrogen-bond donors (Lipinski definition) is 0. The summed E-state index contributed by atoms with van der Waals surface area (Å²) in [5.41, 5.74) is 0. The second kappa shape index (κ2) is 8.50. The molecule has 0 aromatic rings. The van der Waals surface area contributed by atoms with Gasteiger partial charge in [0.1, 0.15) is 0 Å². The average Bonchev–Trinajstić information content (AvgIpc) is 2.28. The van der Waals surface area contributed by atoms with E-state index < -0.39 is 13.6 Å². The fourth-order valence-corrected chi connectivity index (χ4v) is 2.15. The van der Waals surface area contributed by atoms with E-state index >= 15 is 0 Å². The number of carbonyl (C=O) groups excluding carboxylic acids is 1. The molecule has 16 heavy (non-hydrogen) atoms. The maximum atomic E-state index is 11.8. The van der Waals surface area contributed by atoms with Gasteiger partial charge in [0.05, 0.1) is 19.8 Å². The summed E-state index contributed by atoms with van der Waals surface area (Å²) in [6.45, 7) is 7.60. The van der Waals surface area contributed by atoms with Gasteiger partial charge in [-0.2, -0.15) is 0 Å². The molecule has 0 aliphatic carbocycles. The van der Waals surface area contributed by atoms with Crippen molar-refractivity contribution in [2.24, 2.45) is 0 Å². The van der Waals surface area contributed by atoms with Crippen LogP contribution in [0.25, 0.3) is 0 Å². The minimum atomic E-state index is -2.93. The smallest absolute Gasteiger partial charge is 0.330 e. The third-order valence-electron chi connectivity index (χ3n) is 1.70. The highest BCUT2D eigenvalue weighted by Crippen LogP contribution is 2.47. The fraction of sp³-hybridized carbons (Fsp3) is 0.700. The van der Waals surface area contributed by atoms with Gasteiger partial charge in [0.15, 0.2) is 0 Å². The summed E-state index contributed by atoms with van der Waals surface area (Å²) in [7, 11) is -2.93. The third-order valence-corrected chi connectivity index (χ3v) is 3.70. The van der Waals surface area contributed by atoms with Gasteiger partial charge in [0, 0.05) is 18.7 Å². The first-order chi connectivity index (χ1) is 7.58. The summed E-state index contributed by atoms with van der Waals surface area (Å²) in [5, 5.41) is 0. The molecule has 0 saturated carbocycles. The minimum absolute atomic E-state index is 0.223. The van der Waals surface area contributed by atoms with Crippen molar-refractivity contribution in [1.29, 1.82) is 0 Å². The van der Waals surface area contributed by atoms with E-state index in [-0.39, 0.29) is 13.2 Å². The van der Waals surface area contributed by atoms with E-state index in [1.807, 2.05) is 0 Å². The van der Waals surface area contributed by atoms with Crippen molar-refractivity contribution in [3.05, 3.63) is 12.7 Å². The van der Waals surface area contributed by atoms with Gasteiger partial charge in [-0.1, -0.05) is 13.5 Å². The molecule has 5 nitrogen and oxygen atoms in total. The van der Waals surface area contributed by atoms with Crippen LogP contribution >= 0.6 is 7.60 Å². The Bertz CT molecular complexity index is 264. The maximum Gasteiger partial charge on any atom is 0.330 e. The molecule has 0 fully saturated rings. The van der Waals surface area contributed by atoms with E-state index in [0.29, 0.717) is 19.2 Å². The van der Waals surface area contributed by atoms with Crippen molar-refractivity contribution < 1.29 is 23.1 Å². The Morgan fingerprint density at radius 2 is 2.00 bits per heavy atom. The van der Waals surface area contributed by atoms with E-state index in [0.717, 1.165) is 6.08 Å². The van der Waals surface area contributed by atoms with Crippen LogP contribution < -0.4 is 0 Å². The topological polar surface area (TPSA) is 61.8 Å². The molecule has 0 bridgehead atoms. The molecule has 0 aliphatic heterocycles. The molecule has 0 radical (unpaired) electrons. The van der Waals surface area contributed by atoms with Crippen molar-refractivity contribution in [2.45, 2.75) is 20.3 Å². The normalized spacial score (nSPS) is 14.1. The SMILES string of the molecule is C=CC(=O)OCCCOP(=O)(CC)OCC. The van der Waals surface area contributed by atoms with Gasteiger partial charge >= 0.3 is 13.6 Å². The molecule has 0 aliphatic rings. The van der Waals surface area contributed by atoms with Crippen LogP contribution in [0, 0.1) is 0 Å². The number of ether oxygens (including phenoxy) is 1. The largest absolute Gasteiger partial charge is 0.462 e. The molecule has 1 atom stereocenters. The van der Waals surface area contributed by atoms with Crippen molar-refractivity contribution in [3.63, 3.8) is 0 Å². The highest BCUT2D eigenvalue weighted by Gasteiger charge is 2.20. The summed E-state index contributed by atoms with van der Waals surface area (Å²) in [4.78, 5) is 10.7. The van der Waals surface area contributed by atoms with Crippen LogP contribution in [0.1, 0.15) is 20.3 Å². The summed E-state index contributed by atoms with van der Waals surface area (Å²) < 4.78 is 26.7. The summed E-state index contributed by atoms with van der Waals surface area (Å²) in [5.74, 6) is -0.469. The quantitative estimate of drug-likeness (QED) is 0.272. The molecule has 0 amide bonds. The van der Waals surface area contributed by atoms with Crippen LogP contribution in [0.3, 0.4) is 0 Å². The highest BCUT2D eigenvalue weighted by atomic mass is 31.2. The lowest BCUT2D eigenvalue weighted by Gasteiger charge is -2.15. The third kappa shape index (κ3) is 6.77. The monoisotopic (exact) mass is 250 g/mol. The molecule has 0 heterocycles. The predicted molar refractivity (Wildman–Crippen MR) is 61.5 cm³/mol. The zero-order chi connectivity index (χ0) is 12.4. The van der Waals surface area contributed by atoms with Crippen LogP contribution in [0.2, 0.25) is 0 Å². The standard InChI is InChI=1S/C10H19O5P/c1-4-10(11)13-8-7-9-15-16(12,6-3)14-5-2/h4H,1,5-9H2,2-3H3. The Kier molecular flexibility index (Phi) is 8.16. The summed E-state index contributed by atoms with van der Waals surface area (Å²) >= 11 is 0. The van der Waals surface area contributed by atoms with Gasteiger partial charge in [0.2, 0.25) is 0 Å². The van der Waals surface area contributed by atoms with Gasteiger partial charge in [-0.15, -0.1) is 0 Å². The Labute approximate surface area is 96.3 Å². The Balaban J connectivity index is 3.67. The van der Waals surface area contributed by atoms with Gasteiger partial charge in [-0.05, 0) is 6.92 Å². The predicted octanol–water partition coefficient (Wildman–Crippen LogP) is 2.37. The number of hydrogen-bond acceptors (Lipinski definition) is 5. The molecule has 0 spiro atoms. The molecule has 0 N–H and O–H groups in total. The lowest BCUT2D eigenvalue weighted by atomic mass is 10.5. The van der Waals surface area contributed by atoms with Crippen molar-refractivity contribution in [3.8, 4) is 0 Å². The zero-order valence-corrected chi connectivity index (χ0v) is 10.7. The summed E-state index contributed by atoms with van der Waals surface area (Å²) in [6.07, 6.45) is 1.92. The molecular formula is C10H19O5P. The minimum Gasteiger partial charge on any atom is -0.462 e. The second-order valence-electron chi connectivity index (χ2n) is 2.90. The highest BCUT2D eigenvalue weighted by molar-refractivity contribution is 7.53. The molecule has 0 aromatic carbocycles. The zero-order valence-electron chi connectivity index (χ0n) is 9.81. The molecule has 1 unspecified atom stereocenters. The first-order valence-corrected chi connectivity index (χ1v) is 6.98. The number of rotatable bonds is 9. The van der Waals surface area contributed by atoms with E-state index in [9.17, 15) is 9.36 Å². The van der Waals surface area contributed by atoms with Crippen LogP contribution in [0.4, 0.5) is 0 Å². The van der Waals surface area contributed by atoms with Crippen molar-refractivity contribution in [2.75, 3.05) is 26.0 Å². The number of esters is 1. The molecule has 0 aromatic heterocycles. The van der Waals surface area contributed by atoms with E-state index in [1.165, 1.54) is 0 Å². The molecule has 6 heteroatoms. The van der Waals surface area contributed by atoms with E-state index in [2.05, 4.69) is 6.58 Å². The van der Waals surface area contributed by atoms with E-state index in [4.69, 9.17) is 13.8 Å². The lowest BCUT2D eigenvalue weighted by molar-refractivity contribution is -0.137. The first kappa shape index (κ1) is 15.4. The second-order valence-corrected chi connectivity index (χ2v) is 5.27. The first-order valence-electron chi connectivity index (χ1n) is 5.25. The number of carbonyl (C=O) groups is 1. The molecule has 94 valence electrons. The van der Waals surface area contributed by atoms with Crippen LogP contribution in [0.15, 0.2) is 12.7 Å². The van der Waals surface area contributed by atoms with Crippen molar-refractivity contribution >= 4 is 13.6 Å². The van der Waals surface area contributed by atoms with Gasteiger partial charge in [-0.25, -0.2) is 4.79 Å². The maximum absolute atomic E-state index is 11.8. The van der Waals surface area contributed by atoms with Crippen LogP contribution in [0.5, 0.6) is 0 Å². The Morgan fingerprint density at radius 3 is 2.50 bits per heavy atom. The summed E-state index contributed by atoms with van der Waals surface area (Å²) in [6, 6.07) is 0. The van der Waals surface area contributed by atoms with E-state index in [1.54, 1.807) is 13.8 Å². The molecule has 0 rings (SSSR count). The van der Waals surface area contributed by atoms with Crippen molar-refractivity contribution in [1.82, 2.24) is 0 Å². The Hall–Kier alpha value is -0.640. The van der Waals surface area contributed by atoms with Crippen LogP contribution in [-0.2, 0) is 23.1 Å². The van der Waals surface area contributed by atoms with Crippen LogP contribution in [-0.4, -0.2) is 32.0 Å². The lowest BCUT2D eigenvalue weighted by Crippen LogP contribution is -2.06. The Morgan fingerprint density at radius 1 is 1.31 bits per heavy atom. The van der Waals surface area contributed by atoms with Gasteiger partial charge < -0.3 is 13.8 Å². The average molecular weight is 250 g/mol. The fourth-order valence-electron chi connectivity index (χ4n) is 0.911.